The number of hydrogen-bond acceptors (Lipinski definition) is 10. The highest BCUT2D eigenvalue weighted by Gasteiger charge is 2.49. The number of hydrogen-bond donors (Lipinski definition) is 3. The molecule has 0 bridgehead atoms. The predicted molar refractivity (Wildman–Crippen MR) is 279 cm³/mol. The maximum Gasteiger partial charge on any atom is 0.240 e. The summed E-state index contributed by atoms with van der Waals surface area (Å²) in [6.45, 7) is 4.78. The van der Waals surface area contributed by atoms with E-state index in [1.54, 1.807) is 12.1 Å². The molecular weight excluding hydrogens is 915 g/mol. The molecule has 2 unspecified atom stereocenters. The lowest BCUT2D eigenvalue weighted by Crippen LogP contribution is -2.62. The zero-order valence-corrected chi connectivity index (χ0v) is 42.8. The molecular formula is C59H79NO10S. The fourth-order valence-corrected chi connectivity index (χ4v) is 10.1. The van der Waals surface area contributed by atoms with Crippen molar-refractivity contribution in [1.29, 1.82) is 0 Å². The molecule has 11 nitrogen and oxygen atoms in total. The molecule has 12 heteroatoms. The van der Waals surface area contributed by atoms with Gasteiger partial charge in [-0.1, -0.05) is 223 Å². The summed E-state index contributed by atoms with van der Waals surface area (Å²) in [7, 11) is -4.19. The summed E-state index contributed by atoms with van der Waals surface area (Å²) in [5.41, 5.74) is 4.68. The number of unbranched alkanes of at least 4 members (excludes halogenated alkanes) is 11. The molecule has 0 amide bonds. The summed E-state index contributed by atoms with van der Waals surface area (Å²) in [5, 5.41) is 23.5. The van der Waals surface area contributed by atoms with Crippen LogP contribution in [0.15, 0.2) is 150 Å². The fourth-order valence-electron chi connectivity index (χ4n) is 8.90. The molecule has 1 aliphatic rings. The number of sulfonamides is 1. The summed E-state index contributed by atoms with van der Waals surface area (Å²) in [4.78, 5) is 0.0251. The lowest BCUT2D eigenvalue weighted by Gasteiger charge is -2.46. The Labute approximate surface area is 424 Å². The van der Waals surface area contributed by atoms with E-state index in [1.807, 2.05) is 128 Å². The zero-order valence-electron chi connectivity index (χ0n) is 42.0. The van der Waals surface area contributed by atoms with Crippen LogP contribution in [0.5, 0.6) is 0 Å². The first-order chi connectivity index (χ1) is 34.7. The SMILES string of the molecule is CCCCCCCCCCCCCC[C@@H](O)[C@@H](O)[C@H](CO[C@@H]1OC(COCc2ccccc2)[C@H](OCc2ccccc2)[C@H](OCc2ccccc2)C1OCc1ccccc1)NS(=O)(=O)c1ccc(C)cc1. The van der Waals surface area contributed by atoms with Crippen LogP contribution in [0.4, 0.5) is 0 Å². The van der Waals surface area contributed by atoms with Gasteiger partial charge in [0.15, 0.2) is 6.29 Å². The van der Waals surface area contributed by atoms with Gasteiger partial charge < -0.3 is 38.6 Å². The second kappa shape index (κ2) is 31.3. The first-order valence-corrected chi connectivity index (χ1v) is 27.5. The van der Waals surface area contributed by atoms with Crippen LogP contribution >= 0.6 is 0 Å². The minimum Gasteiger partial charge on any atom is -0.390 e. The van der Waals surface area contributed by atoms with Gasteiger partial charge in [0.05, 0.1) is 62.8 Å². The number of rotatable bonds is 34. The van der Waals surface area contributed by atoms with Gasteiger partial charge in [-0.2, -0.15) is 0 Å². The third kappa shape index (κ3) is 19.6. The zero-order chi connectivity index (χ0) is 49.9. The van der Waals surface area contributed by atoms with E-state index in [-0.39, 0.29) is 37.9 Å². The molecule has 0 aromatic heterocycles. The average Bonchev–Trinajstić information content (AvgIpc) is 3.39. The molecule has 0 radical (unpaired) electrons. The van der Waals surface area contributed by atoms with E-state index in [0.717, 1.165) is 47.1 Å². The van der Waals surface area contributed by atoms with Crippen LogP contribution in [-0.2, 0) is 64.9 Å². The van der Waals surface area contributed by atoms with Crippen molar-refractivity contribution in [3.63, 3.8) is 0 Å². The molecule has 8 atom stereocenters. The van der Waals surface area contributed by atoms with Crippen molar-refractivity contribution >= 4 is 10.0 Å². The predicted octanol–water partition coefficient (Wildman–Crippen LogP) is 11.2. The van der Waals surface area contributed by atoms with E-state index in [1.165, 1.54) is 63.5 Å². The average molecular weight is 994 g/mol. The monoisotopic (exact) mass is 994 g/mol. The maximum absolute atomic E-state index is 14.1. The van der Waals surface area contributed by atoms with E-state index in [2.05, 4.69) is 11.6 Å². The Balaban J connectivity index is 1.24. The van der Waals surface area contributed by atoms with Crippen LogP contribution in [0.2, 0.25) is 0 Å². The fraction of sp³-hybridized carbons (Fsp3) is 0.492. The number of nitrogens with one attached hydrogen (secondary N) is 1. The van der Waals surface area contributed by atoms with Gasteiger partial charge in [0.2, 0.25) is 10.0 Å². The first-order valence-electron chi connectivity index (χ1n) is 26.0. The van der Waals surface area contributed by atoms with Gasteiger partial charge in [0, 0.05) is 0 Å². The normalized spacial score (nSPS) is 19.6. The molecule has 0 aliphatic carbocycles. The van der Waals surface area contributed by atoms with Gasteiger partial charge in [-0.3, -0.25) is 0 Å². The summed E-state index contributed by atoms with van der Waals surface area (Å²) in [6, 6.07) is 44.5. The lowest BCUT2D eigenvalue weighted by atomic mass is 9.97. The summed E-state index contributed by atoms with van der Waals surface area (Å²) in [5.74, 6) is 0. The van der Waals surface area contributed by atoms with Crippen molar-refractivity contribution in [2.24, 2.45) is 0 Å². The van der Waals surface area contributed by atoms with Crippen LogP contribution in [0, 0.1) is 6.92 Å². The molecule has 6 rings (SSSR count). The Kier molecular flexibility index (Phi) is 24.7. The highest BCUT2D eigenvalue weighted by Crippen LogP contribution is 2.32. The first kappa shape index (κ1) is 56.0. The number of aryl methyl sites for hydroxylation is 1. The Bertz CT molecular complexity index is 2260. The van der Waals surface area contributed by atoms with Gasteiger partial charge in [0.25, 0.3) is 0 Å². The van der Waals surface area contributed by atoms with Gasteiger partial charge in [-0.05, 0) is 47.7 Å². The largest absolute Gasteiger partial charge is 0.390 e. The number of ether oxygens (including phenoxy) is 6. The van der Waals surface area contributed by atoms with E-state index in [9.17, 15) is 18.6 Å². The Morgan fingerprint density at radius 3 is 1.46 bits per heavy atom. The molecule has 386 valence electrons. The van der Waals surface area contributed by atoms with Crippen LogP contribution in [-0.4, -0.2) is 80.8 Å². The Morgan fingerprint density at radius 2 is 0.972 bits per heavy atom. The van der Waals surface area contributed by atoms with E-state index < -0.39 is 59.0 Å². The van der Waals surface area contributed by atoms with Crippen molar-refractivity contribution in [2.75, 3.05) is 13.2 Å². The van der Waals surface area contributed by atoms with Crippen molar-refractivity contribution in [3.05, 3.63) is 173 Å². The minimum atomic E-state index is -4.19. The molecule has 71 heavy (non-hydrogen) atoms. The topological polar surface area (TPSA) is 142 Å². The second-order valence-electron chi connectivity index (χ2n) is 18.9. The molecule has 5 aromatic rings. The third-order valence-corrected chi connectivity index (χ3v) is 14.6. The standard InChI is InChI=1S/C59H79NO10S/c1-3-4-5-6-7-8-9-10-11-12-13-26-35-53(61)55(62)52(60-71(63,64)51-38-36-46(2)37-39-51)44-69-59-58(68-43-50-33-24-17-25-34-50)57(67-42-49-31-22-16-23-32-49)56(66-41-48-29-20-15-21-30-48)54(70-59)45-65-40-47-27-18-14-19-28-47/h14-25,27-34,36-39,52-62H,3-13,26,35,40-45H2,1-2H3/t52-,53+,54?,55-,56-,57-,58?,59+/m0/s1. The van der Waals surface area contributed by atoms with Gasteiger partial charge in [-0.15, -0.1) is 0 Å². The smallest absolute Gasteiger partial charge is 0.240 e. The summed E-state index contributed by atoms with van der Waals surface area (Å²) >= 11 is 0. The third-order valence-electron chi connectivity index (χ3n) is 13.1. The van der Waals surface area contributed by atoms with Crippen molar-refractivity contribution in [1.82, 2.24) is 4.72 Å². The van der Waals surface area contributed by atoms with Gasteiger partial charge in [0.1, 0.15) is 24.4 Å². The van der Waals surface area contributed by atoms with E-state index >= 15 is 0 Å². The highest BCUT2D eigenvalue weighted by atomic mass is 32.2. The molecule has 1 heterocycles. The van der Waals surface area contributed by atoms with Gasteiger partial charge in [-0.25, -0.2) is 13.1 Å². The van der Waals surface area contributed by atoms with E-state index in [0.29, 0.717) is 19.4 Å². The number of aliphatic hydroxyl groups is 2. The van der Waals surface area contributed by atoms with Crippen LogP contribution in [0.25, 0.3) is 0 Å². The number of aliphatic hydroxyl groups excluding tert-OH is 2. The second-order valence-corrected chi connectivity index (χ2v) is 20.7. The Hall–Kier alpha value is -4.31. The maximum atomic E-state index is 14.1. The molecule has 1 saturated heterocycles. The van der Waals surface area contributed by atoms with Gasteiger partial charge >= 0.3 is 0 Å². The Morgan fingerprint density at radius 1 is 0.535 bits per heavy atom. The van der Waals surface area contributed by atoms with E-state index in [4.69, 9.17) is 28.4 Å². The molecule has 0 spiro atoms. The summed E-state index contributed by atoms with van der Waals surface area (Å²) < 4.78 is 71.2. The molecule has 5 aromatic carbocycles. The van der Waals surface area contributed by atoms with Crippen LogP contribution in [0.3, 0.4) is 0 Å². The van der Waals surface area contributed by atoms with Crippen molar-refractivity contribution in [2.45, 2.75) is 178 Å². The number of benzene rings is 5. The molecule has 1 aliphatic heterocycles. The molecule has 1 fully saturated rings. The van der Waals surface area contributed by atoms with Crippen molar-refractivity contribution < 1.29 is 47.1 Å². The highest BCUT2D eigenvalue weighted by molar-refractivity contribution is 7.89. The molecule has 3 N–H and O–H groups in total. The van der Waals surface area contributed by atoms with Crippen molar-refractivity contribution in [3.8, 4) is 0 Å². The molecule has 0 saturated carbocycles. The minimum absolute atomic E-state index is 0.0251. The van der Waals surface area contributed by atoms with Crippen LogP contribution < -0.4 is 4.72 Å². The van der Waals surface area contributed by atoms with Crippen LogP contribution in [0.1, 0.15) is 118 Å². The summed E-state index contributed by atoms with van der Waals surface area (Å²) in [6.07, 6.45) is 7.12. The lowest BCUT2D eigenvalue weighted by molar-refractivity contribution is -0.329. The quantitative estimate of drug-likeness (QED) is 0.0341.